The van der Waals surface area contributed by atoms with Gasteiger partial charge in [0.15, 0.2) is 0 Å². The highest BCUT2D eigenvalue weighted by atomic mass is 35.5. The van der Waals surface area contributed by atoms with Gasteiger partial charge in [-0.1, -0.05) is 48.0 Å². The van der Waals surface area contributed by atoms with E-state index in [1.807, 2.05) is 35.2 Å². The van der Waals surface area contributed by atoms with Crippen molar-refractivity contribution >= 4 is 40.6 Å². The quantitative estimate of drug-likeness (QED) is 0.361. The standard InChI is InChI=1S/C28H33ClN4O2S/c1-22-12-17-36-26(22)20-33(19-23-8-3-2-4-9-23)27(34)21-32(16-15-31-13-5-6-14-31)28(35)30-25-11-7-10-24(29)18-25/h2-4,7-12,17-18H,5-6,13-16,19-21H2,1H3,(H,30,35). The van der Waals surface area contributed by atoms with Crippen molar-refractivity contribution in [3.8, 4) is 0 Å². The number of rotatable bonds is 10. The lowest BCUT2D eigenvalue weighted by atomic mass is 10.2. The first kappa shape index (κ1) is 26.2. The summed E-state index contributed by atoms with van der Waals surface area (Å²) in [7, 11) is 0. The smallest absolute Gasteiger partial charge is 0.322 e. The van der Waals surface area contributed by atoms with E-state index in [1.54, 1.807) is 40.5 Å². The van der Waals surface area contributed by atoms with E-state index in [1.165, 1.54) is 18.4 Å². The Morgan fingerprint density at radius 1 is 1.00 bits per heavy atom. The van der Waals surface area contributed by atoms with Crippen LogP contribution in [0.4, 0.5) is 10.5 Å². The predicted octanol–water partition coefficient (Wildman–Crippen LogP) is 5.87. The largest absolute Gasteiger partial charge is 0.332 e. The SMILES string of the molecule is Cc1ccsc1CN(Cc1ccccc1)C(=O)CN(CCN1CCCC1)C(=O)Nc1cccc(Cl)c1. The lowest BCUT2D eigenvalue weighted by molar-refractivity contribution is -0.133. The number of nitrogens with zero attached hydrogens (tertiary/aromatic N) is 3. The van der Waals surface area contributed by atoms with Crippen molar-refractivity contribution in [3.63, 3.8) is 0 Å². The van der Waals surface area contributed by atoms with Crippen LogP contribution in [-0.2, 0) is 17.9 Å². The van der Waals surface area contributed by atoms with Crippen LogP contribution in [0.1, 0.15) is 28.8 Å². The maximum atomic E-state index is 13.7. The van der Waals surface area contributed by atoms with E-state index in [0.717, 1.165) is 30.1 Å². The number of anilines is 1. The van der Waals surface area contributed by atoms with Crippen LogP contribution in [0, 0.1) is 6.92 Å². The highest BCUT2D eigenvalue weighted by Gasteiger charge is 2.24. The second kappa shape index (κ2) is 12.9. The van der Waals surface area contributed by atoms with Crippen LogP contribution >= 0.6 is 22.9 Å². The van der Waals surface area contributed by atoms with Gasteiger partial charge < -0.3 is 20.0 Å². The molecule has 0 unspecified atom stereocenters. The third-order valence-electron chi connectivity index (χ3n) is 6.45. The Labute approximate surface area is 222 Å². The van der Waals surface area contributed by atoms with Crippen molar-refractivity contribution in [3.05, 3.63) is 87.1 Å². The molecule has 8 heteroatoms. The monoisotopic (exact) mass is 524 g/mol. The number of carbonyl (C=O) groups is 2. The summed E-state index contributed by atoms with van der Waals surface area (Å²) in [4.78, 5) is 34.0. The molecule has 0 saturated carbocycles. The second-order valence-corrected chi connectivity index (χ2v) is 10.6. The molecule has 36 heavy (non-hydrogen) atoms. The summed E-state index contributed by atoms with van der Waals surface area (Å²) in [6, 6.07) is 18.8. The number of carbonyl (C=O) groups excluding carboxylic acids is 2. The maximum absolute atomic E-state index is 13.7. The Balaban J connectivity index is 1.50. The van der Waals surface area contributed by atoms with E-state index in [-0.39, 0.29) is 18.5 Å². The average Bonchev–Trinajstić information content (AvgIpc) is 3.53. The van der Waals surface area contributed by atoms with Crippen LogP contribution in [0.3, 0.4) is 0 Å². The van der Waals surface area contributed by atoms with Crippen molar-refractivity contribution < 1.29 is 9.59 Å². The van der Waals surface area contributed by atoms with E-state index in [9.17, 15) is 9.59 Å². The first-order valence-electron chi connectivity index (χ1n) is 12.4. The molecule has 190 valence electrons. The number of thiophene rings is 1. The van der Waals surface area contributed by atoms with E-state index in [2.05, 4.69) is 28.6 Å². The molecule has 0 radical (unpaired) electrons. The van der Waals surface area contributed by atoms with Crippen molar-refractivity contribution in [2.24, 2.45) is 0 Å². The third-order valence-corrected chi connectivity index (χ3v) is 7.69. The number of aryl methyl sites for hydroxylation is 1. The molecule has 1 saturated heterocycles. The van der Waals surface area contributed by atoms with Crippen LogP contribution in [0.25, 0.3) is 0 Å². The van der Waals surface area contributed by atoms with Gasteiger partial charge in [0.25, 0.3) is 0 Å². The van der Waals surface area contributed by atoms with Gasteiger partial charge in [0.05, 0.1) is 6.54 Å². The van der Waals surface area contributed by atoms with Crippen LogP contribution in [-0.4, -0.2) is 59.4 Å². The van der Waals surface area contributed by atoms with Crippen molar-refractivity contribution in [2.75, 3.05) is 38.0 Å². The summed E-state index contributed by atoms with van der Waals surface area (Å²) in [6.45, 7) is 6.40. The number of benzene rings is 2. The molecule has 2 heterocycles. The molecule has 1 aliphatic rings. The topological polar surface area (TPSA) is 55.9 Å². The minimum Gasteiger partial charge on any atom is -0.332 e. The Hall–Kier alpha value is -2.87. The van der Waals surface area contributed by atoms with Crippen LogP contribution in [0.15, 0.2) is 66.0 Å². The number of hydrogen-bond donors (Lipinski definition) is 1. The summed E-state index contributed by atoms with van der Waals surface area (Å²) >= 11 is 7.76. The zero-order valence-corrected chi connectivity index (χ0v) is 22.2. The van der Waals surface area contributed by atoms with Gasteiger partial charge in [-0.2, -0.15) is 0 Å². The third kappa shape index (κ3) is 7.56. The van der Waals surface area contributed by atoms with Gasteiger partial charge in [-0.3, -0.25) is 4.79 Å². The Morgan fingerprint density at radius 3 is 2.47 bits per heavy atom. The Kier molecular flexibility index (Phi) is 9.39. The highest BCUT2D eigenvalue weighted by Crippen LogP contribution is 2.20. The summed E-state index contributed by atoms with van der Waals surface area (Å²) in [6.07, 6.45) is 2.36. The molecular weight excluding hydrogens is 492 g/mol. The number of likely N-dealkylation sites (tertiary alicyclic amines) is 1. The average molecular weight is 525 g/mol. The van der Waals surface area contributed by atoms with Crippen molar-refractivity contribution in [2.45, 2.75) is 32.9 Å². The molecule has 1 fully saturated rings. The molecule has 0 aliphatic carbocycles. The molecule has 2 aromatic carbocycles. The number of hydrogen-bond acceptors (Lipinski definition) is 4. The van der Waals surface area contributed by atoms with Gasteiger partial charge in [0.1, 0.15) is 6.54 Å². The predicted molar refractivity (Wildman–Crippen MR) is 147 cm³/mol. The fraction of sp³-hybridized carbons (Fsp3) is 0.357. The fourth-order valence-electron chi connectivity index (χ4n) is 4.33. The van der Waals surface area contributed by atoms with Crippen molar-refractivity contribution in [1.29, 1.82) is 0 Å². The number of urea groups is 1. The van der Waals surface area contributed by atoms with E-state index in [0.29, 0.717) is 30.3 Å². The van der Waals surface area contributed by atoms with Gasteiger partial charge in [0, 0.05) is 35.2 Å². The molecule has 0 atom stereocenters. The minimum absolute atomic E-state index is 0.0114. The van der Waals surface area contributed by atoms with Gasteiger partial charge in [-0.25, -0.2) is 4.79 Å². The van der Waals surface area contributed by atoms with Gasteiger partial charge in [-0.05, 0) is 73.6 Å². The highest BCUT2D eigenvalue weighted by molar-refractivity contribution is 7.10. The molecule has 6 nitrogen and oxygen atoms in total. The normalized spacial score (nSPS) is 13.5. The second-order valence-electron chi connectivity index (χ2n) is 9.17. The molecule has 0 bridgehead atoms. The summed E-state index contributed by atoms with van der Waals surface area (Å²) in [5, 5.41) is 5.52. The molecule has 3 amide bonds. The summed E-state index contributed by atoms with van der Waals surface area (Å²) < 4.78 is 0. The van der Waals surface area contributed by atoms with Crippen LogP contribution < -0.4 is 5.32 Å². The van der Waals surface area contributed by atoms with Gasteiger partial charge >= 0.3 is 6.03 Å². The number of nitrogens with one attached hydrogen (secondary N) is 1. The Morgan fingerprint density at radius 2 is 1.78 bits per heavy atom. The van der Waals surface area contributed by atoms with Gasteiger partial charge in [-0.15, -0.1) is 11.3 Å². The summed E-state index contributed by atoms with van der Waals surface area (Å²) in [5.41, 5.74) is 2.85. The number of amides is 3. The lowest BCUT2D eigenvalue weighted by Crippen LogP contribution is -2.46. The Bertz CT molecular complexity index is 1150. The molecule has 1 N–H and O–H groups in total. The summed E-state index contributed by atoms with van der Waals surface area (Å²) in [5.74, 6) is -0.0747. The first-order valence-corrected chi connectivity index (χ1v) is 13.6. The molecule has 0 spiro atoms. The van der Waals surface area contributed by atoms with E-state index < -0.39 is 0 Å². The molecular formula is C28H33ClN4O2S. The van der Waals surface area contributed by atoms with Gasteiger partial charge in [0.2, 0.25) is 5.91 Å². The van der Waals surface area contributed by atoms with Crippen LogP contribution in [0.2, 0.25) is 5.02 Å². The zero-order valence-electron chi connectivity index (χ0n) is 20.7. The van der Waals surface area contributed by atoms with E-state index >= 15 is 0 Å². The lowest BCUT2D eigenvalue weighted by Gasteiger charge is -2.29. The molecule has 4 rings (SSSR count). The molecule has 3 aromatic rings. The number of halogens is 1. The molecule has 1 aliphatic heterocycles. The van der Waals surface area contributed by atoms with Crippen LogP contribution in [0.5, 0.6) is 0 Å². The maximum Gasteiger partial charge on any atom is 0.322 e. The van der Waals surface area contributed by atoms with E-state index in [4.69, 9.17) is 11.6 Å². The van der Waals surface area contributed by atoms with Crippen molar-refractivity contribution in [1.82, 2.24) is 14.7 Å². The minimum atomic E-state index is -0.295. The first-order chi connectivity index (χ1) is 17.5. The zero-order chi connectivity index (χ0) is 25.3. The molecule has 1 aromatic heterocycles. The fourth-order valence-corrected chi connectivity index (χ4v) is 5.44.